The number of aliphatic carboxylic acids is 1. The lowest BCUT2D eigenvalue weighted by molar-refractivity contribution is -0.315. The van der Waals surface area contributed by atoms with E-state index in [1.165, 1.54) is 6.07 Å². The smallest absolute Gasteiger partial charge is 0.339 e. The number of aryl methyl sites for hydroxylation is 2. The molecular formula is C21H24NO6-. The second-order valence-corrected chi connectivity index (χ2v) is 7.56. The van der Waals surface area contributed by atoms with Crippen LogP contribution in [-0.4, -0.2) is 22.5 Å². The maximum absolute atomic E-state index is 12.4. The predicted molar refractivity (Wildman–Crippen MR) is 101 cm³/mol. The van der Waals surface area contributed by atoms with E-state index in [9.17, 15) is 24.6 Å². The third-order valence-corrected chi connectivity index (χ3v) is 5.75. The molecule has 1 heterocycles. The minimum Gasteiger partial charge on any atom is -0.548 e. The first-order chi connectivity index (χ1) is 13.2. The van der Waals surface area contributed by atoms with Gasteiger partial charge in [0.25, 0.3) is 0 Å². The van der Waals surface area contributed by atoms with Crippen LogP contribution in [0.2, 0.25) is 0 Å². The van der Waals surface area contributed by atoms with Crippen molar-refractivity contribution in [1.29, 1.82) is 0 Å². The minimum absolute atomic E-state index is 0.0246. The molecule has 28 heavy (non-hydrogen) atoms. The summed E-state index contributed by atoms with van der Waals surface area (Å²) in [5.74, 6) is -1.63. The van der Waals surface area contributed by atoms with Crippen LogP contribution in [0.5, 0.6) is 5.75 Å². The number of fused-ring (bicyclic) bond motifs is 1. The molecule has 7 nitrogen and oxygen atoms in total. The lowest BCUT2D eigenvalue weighted by Crippen LogP contribution is -2.60. The summed E-state index contributed by atoms with van der Waals surface area (Å²) >= 11 is 0. The van der Waals surface area contributed by atoms with Crippen molar-refractivity contribution in [2.75, 3.05) is 0 Å². The first-order valence-electron chi connectivity index (χ1n) is 9.52. The van der Waals surface area contributed by atoms with Crippen molar-refractivity contribution in [3.8, 4) is 5.75 Å². The summed E-state index contributed by atoms with van der Waals surface area (Å²) in [6.45, 7) is 3.43. The minimum atomic E-state index is -1.31. The van der Waals surface area contributed by atoms with Crippen LogP contribution in [0.1, 0.15) is 55.2 Å². The Balaban J connectivity index is 1.80. The van der Waals surface area contributed by atoms with E-state index < -0.39 is 23.0 Å². The zero-order valence-corrected chi connectivity index (χ0v) is 16.1. The molecule has 0 atom stereocenters. The number of carbonyl (C=O) groups excluding carboxylic acids is 2. The molecule has 1 aliphatic rings. The molecule has 2 aromatic rings. The van der Waals surface area contributed by atoms with Crippen molar-refractivity contribution in [3.63, 3.8) is 0 Å². The molecule has 0 saturated heterocycles. The molecule has 7 heteroatoms. The topological polar surface area (TPSA) is 120 Å². The second kappa shape index (κ2) is 7.66. The molecule has 2 N–H and O–H groups in total. The number of aromatic hydroxyl groups is 1. The summed E-state index contributed by atoms with van der Waals surface area (Å²) < 4.78 is 5.37. The average molecular weight is 386 g/mol. The maximum Gasteiger partial charge on any atom is 0.339 e. The highest BCUT2D eigenvalue weighted by atomic mass is 16.4. The fourth-order valence-corrected chi connectivity index (χ4v) is 3.97. The van der Waals surface area contributed by atoms with E-state index in [2.05, 4.69) is 5.32 Å². The van der Waals surface area contributed by atoms with E-state index in [1.54, 1.807) is 19.9 Å². The summed E-state index contributed by atoms with van der Waals surface area (Å²) in [6, 6.07) is 3.21. The quantitative estimate of drug-likeness (QED) is 0.754. The van der Waals surface area contributed by atoms with E-state index in [1.807, 2.05) is 0 Å². The van der Waals surface area contributed by atoms with Crippen molar-refractivity contribution in [3.05, 3.63) is 39.2 Å². The molecule has 1 amide bonds. The number of rotatable bonds is 5. The van der Waals surface area contributed by atoms with Crippen molar-refractivity contribution in [1.82, 2.24) is 5.32 Å². The molecular weight excluding hydrogens is 362 g/mol. The number of carbonyl (C=O) groups is 2. The largest absolute Gasteiger partial charge is 0.548 e. The van der Waals surface area contributed by atoms with Gasteiger partial charge >= 0.3 is 5.63 Å². The molecule has 0 unspecified atom stereocenters. The van der Waals surface area contributed by atoms with Gasteiger partial charge in [0.15, 0.2) is 0 Å². The van der Waals surface area contributed by atoms with Crippen molar-refractivity contribution < 1.29 is 24.2 Å². The van der Waals surface area contributed by atoms with Gasteiger partial charge in [0.2, 0.25) is 5.91 Å². The third-order valence-electron chi connectivity index (χ3n) is 5.75. The monoisotopic (exact) mass is 386 g/mol. The lowest BCUT2D eigenvalue weighted by atomic mass is 9.81. The Bertz CT molecular complexity index is 985. The van der Waals surface area contributed by atoms with Crippen LogP contribution in [0.4, 0.5) is 0 Å². The normalized spacial score (nSPS) is 16.1. The molecule has 0 bridgehead atoms. The van der Waals surface area contributed by atoms with Crippen LogP contribution >= 0.6 is 0 Å². The Morgan fingerprint density at radius 2 is 1.86 bits per heavy atom. The summed E-state index contributed by atoms with van der Waals surface area (Å²) in [5, 5.41) is 24.7. The highest BCUT2D eigenvalue weighted by Gasteiger charge is 2.35. The molecule has 1 aromatic carbocycles. The fraction of sp³-hybridized carbons (Fsp3) is 0.476. The van der Waals surface area contributed by atoms with Crippen molar-refractivity contribution in [2.45, 2.75) is 64.3 Å². The standard InChI is InChI=1S/C21H25NO6/c1-12-14-6-8-16(23)13(2)18(14)28-19(25)15(12)7-9-17(24)22-21(20(26)27)10-4-3-5-11-21/h6,8,23H,3-5,7,9-11H2,1-2H3,(H,22,24)(H,26,27)/p-1. The number of carboxylic acids is 1. The maximum atomic E-state index is 12.4. The number of carboxylic acid groups (broad SMARTS) is 1. The first-order valence-corrected chi connectivity index (χ1v) is 9.52. The van der Waals surface area contributed by atoms with Crippen molar-refractivity contribution in [2.24, 2.45) is 0 Å². The Morgan fingerprint density at radius 1 is 1.18 bits per heavy atom. The number of hydrogen-bond donors (Lipinski definition) is 2. The number of amides is 1. The number of phenols is 1. The average Bonchev–Trinajstić information content (AvgIpc) is 2.65. The molecule has 0 spiro atoms. The van der Waals surface area contributed by atoms with Crippen LogP contribution < -0.4 is 16.0 Å². The van der Waals surface area contributed by atoms with Gasteiger partial charge in [0.05, 0.1) is 11.5 Å². The van der Waals surface area contributed by atoms with Gasteiger partial charge in [-0.1, -0.05) is 19.3 Å². The predicted octanol–water partition coefficient (Wildman–Crippen LogP) is 1.62. The number of benzene rings is 1. The summed E-state index contributed by atoms with van der Waals surface area (Å²) in [5.41, 5.74) is 0.00340. The van der Waals surface area contributed by atoms with E-state index in [0.717, 1.165) is 19.3 Å². The fourth-order valence-electron chi connectivity index (χ4n) is 3.97. The van der Waals surface area contributed by atoms with Crippen LogP contribution in [0, 0.1) is 13.8 Å². The summed E-state index contributed by atoms with van der Waals surface area (Å²) in [7, 11) is 0. The Labute approximate surface area is 162 Å². The van der Waals surface area contributed by atoms with Crippen LogP contribution in [-0.2, 0) is 16.0 Å². The Kier molecular flexibility index (Phi) is 5.45. The highest BCUT2D eigenvalue weighted by molar-refractivity contribution is 5.87. The molecule has 1 fully saturated rings. The molecule has 150 valence electrons. The summed E-state index contributed by atoms with van der Waals surface area (Å²) in [6.07, 6.45) is 3.24. The van der Waals surface area contributed by atoms with E-state index >= 15 is 0 Å². The highest BCUT2D eigenvalue weighted by Crippen LogP contribution is 2.29. The molecule has 0 aliphatic heterocycles. The van der Waals surface area contributed by atoms with E-state index in [-0.39, 0.29) is 18.6 Å². The lowest BCUT2D eigenvalue weighted by Gasteiger charge is -2.39. The van der Waals surface area contributed by atoms with Gasteiger partial charge in [-0.15, -0.1) is 0 Å². The number of hydrogen-bond acceptors (Lipinski definition) is 6. The van der Waals surface area contributed by atoms with Gasteiger partial charge in [-0.25, -0.2) is 4.79 Å². The molecule has 1 aromatic heterocycles. The van der Waals surface area contributed by atoms with E-state index in [4.69, 9.17) is 4.42 Å². The van der Waals surface area contributed by atoms with Crippen LogP contribution in [0.15, 0.2) is 21.3 Å². The number of phenolic OH excluding ortho intramolecular Hbond substituents is 1. The third kappa shape index (κ3) is 3.61. The van der Waals surface area contributed by atoms with Gasteiger partial charge in [0, 0.05) is 22.9 Å². The number of nitrogens with one attached hydrogen (secondary N) is 1. The van der Waals surface area contributed by atoms with Crippen LogP contribution in [0.3, 0.4) is 0 Å². The van der Waals surface area contributed by atoms with E-state index in [0.29, 0.717) is 40.5 Å². The zero-order chi connectivity index (χ0) is 20.5. The SMILES string of the molecule is Cc1c(CCC(=O)NC2(C(=O)[O-])CCCCC2)c(=O)oc2c(C)c(O)ccc12. The first kappa shape index (κ1) is 19.9. The van der Waals surface area contributed by atoms with Gasteiger partial charge in [0.1, 0.15) is 11.3 Å². The molecule has 1 aliphatic carbocycles. The molecule has 1 saturated carbocycles. The van der Waals surface area contributed by atoms with Crippen LogP contribution in [0.25, 0.3) is 11.0 Å². The van der Waals surface area contributed by atoms with Gasteiger partial charge in [-0.2, -0.15) is 0 Å². The van der Waals surface area contributed by atoms with Crippen molar-refractivity contribution >= 4 is 22.8 Å². The Hall–Kier alpha value is -2.83. The zero-order valence-electron chi connectivity index (χ0n) is 16.1. The second-order valence-electron chi connectivity index (χ2n) is 7.56. The molecule has 3 rings (SSSR count). The summed E-state index contributed by atoms with van der Waals surface area (Å²) in [4.78, 5) is 36.4. The Morgan fingerprint density at radius 3 is 2.50 bits per heavy atom. The van der Waals surface area contributed by atoms with Gasteiger partial charge in [-0.05, 0) is 50.8 Å². The van der Waals surface area contributed by atoms with Gasteiger partial charge < -0.3 is 24.7 Å². The molecule has 0 radical (unpaired) electrons. The van der Waals surface area contributed by atoms with Gasteiger partial charge in [-0.3, -0.25) is 4.79 Å².